The quantitative estimate of drug-likeness (QED) is 0.638. The van der Waals surface area contributed by atoms with Crippen LogP contribution in [0.4, 0.5) is 0 Å². The number of hydrogen-bond donors (Lipinski definition) is 2. The number of halogens is 1. The van der Waals surface area contributed by atoms with E-state index in [1.165, 1.54) is 18.4 Å². The largest absolute Gasteiger partial charge is 0.493 e. The molecule has 0 aromatic heterocycles. The van der Waals surface area contributed by atoms with E-state index in [0.717, 1.165) is 49.1 Å². The Morgan fingerprint density at radius 1 is 1.20 bits per heavy atom. The average molecular weight is 342 g/mol. The predicted octanol–water partition coefficient (Wildman–Crippen LogP) is 3.63. The number of aliphatic hydroxyl groups is 1. The van der Waals surface area contributed by atoms with Crippen LogP contribution in [-0.2, 0) is 6.54 Å². The number of benzene rings is 1. The fourth-order valence-electron chi connectivity index (χ4n) is 2.12. The second-order valence-electron chi connectivity index (χ2n) is 5.39. The third kappa shape index (κ3) is 5.81. The van der Waals surface area contributed by atoms with Gasteiger partial charge < -0.3 is 15.2 Å². The molecular formula is C16H24BrNO2. The molecule has 2 rings (SSSR count). The summed E-state index contributed by atoms with van der Waals surface area (Å²) in [5.74, 6) is 0.989. The molecule has 4 heteroatoms. The van der Waals surface area contributed by atoms with Crippen LogP contribution in [0.25, 0.3) is 0 Å². The summed E-state index contributed by atoms with van der Waals surface area (Å²) in [4.78, 5) is 0. The lowest BCUT2D eigenvalue weighted by molar-refractivity contribution is 0.272. The van der Waals surface area contributed by atoms with Crippen LogP contribution in [-0.4, -0.2) is 24.4 Å². The summed E-state index contributed by atoms with van der Waals surface area (Å²) >= 11 is 3.52. The van der Waals surface area contributed by atoms with Gasteiger partial charge in [0.15, 0.2) is 0 Å². The molecule has 0 bridgehead atoms. The highest BCUT2D eigenvalue weighted by Gasteiger charge is 2.20. The molecule has 3 nitrogen and oxygen atoms in total. The fraction of sp³-hybridized carbons (Fsp3) is 0.625. The van der Waals surface area contributed by atoms with Gasteiger partial charge in [0.2, 0.25) is 0 Å². The molecule has 1 aliphatic carbocycles. The highest BCUT2D eigenvalue weighted by Crippen LogP contribution is 2.25. The third-order valence-corrected chi connectivity index (χ3v) is 3.98. The Labute approximate surface area is 129 Å². The standard InChI is InChI=1S/C16H24BrNO2/c17-14-5-8-16(20-10-4-2-1-3-9-19)13(11-14)12-18-15-6-7-15/h5,8,11,15,18-19H,1-4,6-7,9-10,12H2. The molecule has 0 amide bonds. The van der Waals surface area contributed by atoms with Crippen molar-refractivity contribution in [2.45, 2.75) is 51.1 Å². The first kappa shape index (κ1) is 15.8. The van der Waals surface area contributed by atoms with Crippen molar-refractivity contribution in [3.63, 3.8) is 0 Å². The predicted molar refractivity (Wildman–Crippen MR) is 85.1 cm³/mol. The van der Waals surface area contributed by atoms with Crippen molar-refractivity contribution in [3.8, 4) is 5.75 Å². The van der Waals surface area contributed by atoms with Crippen molar-refractivity contribution in [3.05, 3.63) is 28.2 Å². The Morgan fingerprint density at radius 3 is 2.75 bits per heavy atom. The van der Waals surface area contributed by atoms with Gasteiger partial charge in [0.05, 0.1) is 6.61 Å². The van der Waals surface area contributed by atoms with Crippen molar-refractivity contribution < 1.29 is 9.84 Å². The second-order valence-corrected chi connectivity index (χ2v) is 6.31. The molecule has 1 saturated carbocycles. The summed E-state index contributed by atoms with van der Waals surface area (Å²) in [6, 6.07) is 6.92. The maximum atomic E-state index is 8.73. The first-order valence-electron chi connectivity index (χ1n) is 7.55. The van der Waals surface area contributed by atoms with Crippen LogP contribution in [0.1, 0.15) is 44.1 Å². The number of nitrogens with one attached hydrogen (secondary N) is 1. The van der Waals surface area contributed by atoms with E-state index in [4.69, 9.17) is 9.84 Å². The lowest BCUT2D eigenvalue weighted by Crippen LogP contribution is -2.16. The molecule has 1 aromatic rings. The molecule has 0 radical (unpaired) electrons. The van der Waals surface area contributed by atoms with Gasteiger partial charge in [0, 0.05) is 29.2 Å². The van der Waals surface area contributed by atoms with Gasteiger partial charge in [0.25, 0.3) is 0 Å². The Hall–Kier alpha value is -0.580. The molecule has 1 fully saturated rings. The highest BCUT2D eigenvalue weighted by molar-refractivity contribution is 9.10. The SMILES string of the molecule is OCCCCCCOc1ccc(Br)cc1CNC1CC1. The monoisotopic (exact) mass is 341 g/mol. The van der Waals surface area contributed by atoms with E-state index in [-0.39, 0.29) is 0 Å². The van der Waals surface area contributed by atoms with Crippen LogP contribution in [0.2, 0.25) is 0 Å². The van der Waals surface area contributed by atoms with E-state index in [1.807, 2.05) is 12.1 Å². The number of hydrogen-bond acceptors (Lipinski definition) is 3. The lowest BCUT2D eigenvalue weighted by Gasteiger charge is -2.12. The van der Waals surface area contributed by atoms with Crippen molar-refractivity contribution in [2.75, 3.05) is 13.2 Å². The molecule has 1 aliphatic rings. The number of unbranched alkanes of at least 4 members (excludes halogenated alkanes) is 3. The van der Waals surface area contributed by atoms with Crippen molar-refractivity contribution in [2.24, 2.45) is 0 Å². The van der Waals surface area contributed by atoms with Gasteiger partial charge >= 0.3 is 0 Å². The molecule has 20 heavy (non-hydrogen) atoms. The van der Waals surface area contributed by atoms with Crippen LogP contribution < -0.4 is 10.1 Å². The van der Waals surface area contributed by atoms with Gasteiger partial charge in [-0.3, -0.25) is 0 Å². The molecule has 112 valence electrons. The summed E-state index contributed by atoms with van der Waals surface area (Å²) in [6.45, 7) is 1.93. The maximum Gasteiger partial charge on any atom is 0.123 e. The molecule has 0 aliphatic heterocycles. The first-order valence-corrected chi connectivity index (χ1v) is 8.34. The van der Waals surface area contributed by atoms with Crippen LogP contribution in [0, 0.1) is 0 Å². The minimum absolute atomic E-state index is 0.296. The smallest absolute Gasteiger partial charge is 0.123 e. The second kappa shape index (κ2) is 8.65. The Morgan fingerprint density at radius 2 is 2.00 bits per heavy atom. The van der Waals surface area contributed by atoms with Gasteiger partial charge in [-0.2, -0.15) is 0 Å². The average Bonchev–Trinajstić information content (AvgIpc) is 3.26. The molecular weight excluding hydrogens is 318 g/mol. The molecule has 1 aromatic carbocycles. The number of rotatable bonds is 10. The minimum Gasteiger partial charge on any atom is -0.493 e. The lowest BCUT2D eigenvalue weighted by atomic mass is 10.2. The summed E-state index contributed by atoms with van der Waals surface area (Å²) < 4.78 is 7.00. The zero-order chi connectivity index (χ0) is 14.2. The summed E-state index contributed by atoms with van der Waals surface area (Å²) in [7, 11) is 0. The van der Waals surface area contributed by atoms with Crippen LogP contribution in [0.5, 0.6) is 5.75 Å². The Bertz CT molecular complexity index is 407. The van der Waals surface area contributed by atoms with Crippen LogP contribution >= 0.6 is 15.9 Å². The summed E-state index contributed by atoms with van der Waals surface area (Å²) in [5.41, 5.74) is 1.22. The Kier molecular flexibility index (Phi) is 6.83. The highest BCUT2D eigenvalue weighted by atomic mass is 79.9. The molecule has 0 unspecified atom stereocenters. The van der Waals surface area contributed by atoms with E-state index in [1.54, 1.807) is 0 Å². The molecule has 2 N–H and O–H groups in total. The van der Waals surface area contributed by atoms with Gasteiger partial charge in [-0.15, -0.1) is 0 Å². The van der Waals surface area contributed by atoms with Crippen molar-refractivity contribution in [1.82, 2.24) is 5.32 Å². The van der Waals surface area contributed by atoms with E-state index < -0.39 is 0 Å². The minimum atomic E-state index is 0.296. The number of ether oxygens (including phenoxy) is 1. The summed E-state index contributed by atoms with van der Waals surface area (Å²) in [6.07, 6.45) is 6.74. The molecule has 0 heterocycles. The van der Waals surface area contributed by atoms with Gasteiger partial charge in [-0.25, -0.2) is 0 Å². The molecule has 0 saturated heterocycles. The Balaban J connectivity index is 1.76. The molecule has 0 spiro atoms. The third-order valence-electron chi connectivity index (χ3n) is 3.49. The van der Waals surface area contributed by atoms with Gasteiger partial charge in [-0.05, 0) is 50.3 Å². The van der Waals surface area contributed by atoms with E-state index in [0.29, 0.717) is 12.6 Å². The van der Waals surface area contributed by atoms with Crippen molar-refractivity contribution >= 4 is 15.9 Å². The van der Waals surface area contributed by atoms with Gasteiger partial charge in [0.1, 0.15) is 5.75 Å². The fourth-order valence-corrected chi connectivity index (χ4v) is 2.53. The zero-order valence-electron chi connectivity index (χ0n) is 11.9. The van der Waals surface area contributed by atoms with Crippen LogP contribution in [0.3, 0.4) is 0 Å². The normalized spacial score (nSPS) is 14.5. The van der Waals surface area contributed by atoms with Crippen molar-refractivity contribution in [1.29, 1.82) is 0 Å². The maximum absolute atomic E-state index is 8.73. The van der Waals surface area contributed by atoms with Crippen LogP contribution in [0.15, 0.2) is 22.7 Å². The topological polar surface area (TPSA) is 41.5 Å². The van der Waals surface area contributed by atoms with E-state index in [2.05, 4.69) is 27.3 Å². The first-order chi connectivity index (χ1) is 9.79. The number of aliphatic hydroxyl groups excluding tert-OH is 1. The zero-order valence-corrected chi connectivity index (χ0v) is 13.5. The summed E-state index contributed by atoms with van der Waals surface area (Å²) in [5, 5.41) is 12.3. The molecule has 0 atom stereocenters. The van der Waals surface area contributed by atoms with E-state index in [9.17, 15) is 0 Å². The van der Waals surface area contributed by atoms with E-state index >= 15 is 0 Å². The van der Waals surface area contributed by atoms with Gasteiger partial charge in [-0.1, -0.05) is 22.4 Å².